The van der Waals surface area contributed by atoms with E-state index in [0.29, 0.717) is 4.47 Å². The predicted molar refractivity (Wildman–Crippen MR) is 86.9 cm³/mol. The smallest absolute Gasteiger partial charge is 0.137 e. The molecular weight excluding hydrogens is 387 g/mol. The van der Waals surface area contributed by atoms with Gasteiger partial charge >= 0.3 is 0 Å². The Morgan fingerprint density at radius 2 is 1.75 bits per heavy atom. The monoisotopic (exact) mass is 400 g/mol. The highest BCUT2D eigenvalue weighted by Crippen LogP contribution is 2.32. The zero-order valence-corrected chi connectivity index (χ0v) is 14.2. The normalized spacial score (nSPS) is 12.4. The van der Waals surface area contributed by atoms with Crippen LogP contribution in [0.4, 0.5) is 4.39 Å². The standard InChI is InChI=1S/C16H15Br2FO/c1-20-9-8-11-2-4-12(5-3-11)16(18)13-6-7-14(17)15(19)10-13/h2-7,10,16H,8-9H2,1H3. The van der Waals surface area contributed by atoms with Crippen molar-refractivity contribution >= 4 is 31.9 Å². The fourth-order valence-corrected chi connectivity index (χ4v) is 2.77. The van der Waals surface area contributed by atoms with Gasteiger partial charge in [-0.05, 0) is 51.2 Å². The van der Waals surface area contributed by atoms with Crippen LogP contribution in [-0.2, 0) is 11.2 Å². The lowest BCUT2D eigenvalue weighted by Crippen LogP contribution is -1.97. The van der Waals surface area contributed by atoms with E-state index in [4.69, 9.17) is 4.74 Å². The molecule has 0 aromatic heterocycles. The summed E-state index contributed by atoms with van der Waals surface area (Å²) in [5.41, 5.74) is 3.24. The number of rotatable bonds is 5. The molecule has 0 fully saturated rings. The van der Waals surface area contributed by atoms with E-state index in [-0.39, 0.29) is 10.6 Å². The first kappa shape index (κ1) is 15.7. The Morgan fingerprint density at radius 3 is 2.35 bits per heavy atom. The summed E-state index contributed by atoms with van der Waals surface area (Å²) in [6.45, 7) is 0.717. The molecule has 106 valence electrons. The molecule has 2 aromatic rings. The van der Waals surface area contributed by atoms with Crippen LogP contribution in [0.5, 0.6) is 0 Å². The summed E-state index contributed by atoms with van der Waals surface area (Å²) >= 11 is 6.79. The minimum Gasteiger partial charge on any atom is -0.384 e. The van der Waals surface area contributed by atoms with Gasteiger partial charge in [0.15, 0.2) is 0 Å². The summed E-state index contributed by atoms with van der Waals surface area (Å²) in [5, 5.41) is 0. The van der Waals surface area contributed by atoms with E-state index in [1.165, 1.54) is 5.56 Å². The topological polar surface area (TPSA) is 9.23 Å². The van der Waals surface area contributed by atoms with Gasteiger partial charge in [0.2, 0.25) is 0 Å². The van der Waals surface area contributed by atoms with Crippen molar-refractivity contribution in [2.75, 3.05) is 13.7 Å². The molecule has 1 nitrogen and oxygen atoms in total. The third kappa shape index (κ3) is 3.90. The molecule has 0 radical (unpaired) electrons. The first-order chi connectivity index (χ1) is 9.61. The summed E-state index contributed by atoms with van der Waals surface area (Å²) in [6.07, 6.45) is 0.899. The van der Waals surface area contributed by atoms with Gasteiger partial charge in [0.05, 0.1) is 15.9 Å². The molecule has 1 unspecified atom stereocenters. The molecule has 4 heteroatoms. The highest BCUT2D eigenvalue weighted by molar-refractivity contribution is 9.10. The number of hydrogen-bond donors (Lipinski definition) is 0. The largest absolute Gasteiger partial charge is 0.384 e. The molecule has 0 aliphatic carbocycles. The summed E-state index contributed by atoms with van der Waals surface area (Å²) in [5.74, 6) is -0.247. The van der Waals surface area contributed by atoms with E-state index in [1.54, 1.807) is 19.2 Å². The van der Waals surface area contributed by atoms with Crippen molar-refractivity contribution < 1.29 is 9.13 Å². The van der Waals surface area contributed by atoms with E-state index in [0.717, 1.165) is 24.2 Å². The van der Waals surface area contributed by atoms with Gasteiger partial charge in [-0.3, -0.25) is 0 Å². The molecule has 0 bridgehead atoms. The third-order valence-corrected chi connectivity index (χ3v) is 4.80. The summed E-state index contributed by atoms with van der Waals surface area (Å²) < 4.78 is 19.1. The Hall–Kier alpha value is -0.710. The zero-order valence-electron chi connectivity index (χ0n) is 11.1. The molecule has 0 saturated carbocycles. The average molecular weight is 402 g/mol. The molecule has 0 aliphatic heterocycles. The minimum atomic E-state index is -0.247. The maximum atomic E-state index is 13.6. The van der Waals surface area contributed by atoms with E-state index in [9.17, 15) is 4.39 Å². The lowest BCUT2D eigenvalue weighted by Gasteiger charge is -2.12. The minimum absolute atomic E-state index is 0.0124. The lowest BCUT2D eigenvalue weighted by molar-refractivity contribution is 0.202. The van der Waals surface area contributed by atoms with Gasteiger partial charge in [-0.15, -0.1) is 0 Å². The van der Waals surface area contributed by atoms with Crippen molar-refractivity contribution in [1.29, 1.82) is 0 Å². The molecule has 0 amide bonds. The van der Waals surface area contributed by atoms with Crippen molar-refractivity contribution in [2.45, 2.75) is 11.2 Å². The number of halogens is 3. The first-order valence-electron chi connectivity index (χ1n) is 6.28. The van der Waals surface area contributed by atoms with Crippen molar-refractivity contribution in [2.24, 2.45) is 0 Å². The maximum Gasteiger partial charge on any atom is 0.137 e. The highest BCUT2D eigenvalue weighted by atomic mass is 79.9. The molecular formula is C16H15Br2FO. The van der Waals surface area contributed by atoms with Gasteiger partial charge in [-0.1, -0.05) is 46.3 Å². The molecule has 0 saturated heterocycles. The van der Waals surface area contributed by atoms with Crippen LogP contribution < -0.4 is 0 Å². The first-order valence-corrected chi connectivity index (χ1v) is 7.99. The van der Waals surface area contributed by atoms with Gasteiger partial charge in [-0.25, -0.2) is 4.39 Å². The number of ether oxygens (including phenoxy) is 1. The van der Waals surface area contributed by atoms with Gasteiger partial charge in [-0.2, -0.15) is 0 Å². The molecule has 0 heterocycles. The van der Waals surface area contributed by atoms with E-state index >= 15 is 0 Å². The Morgan fingerprint density at radius 1 is 1.10 bits per heavy atom. The molecule has 1 atom stereocenters. The Balaban J connectivity index is 2.15. The van der Waals surface area contributed by atoms with Crippen LogP contribution in [-0.4, -0.2) is 13.7 Å². The predicted octanol–water partition coefficient (Wildman–Crippen LogP) is 5.26. The second-order valence-corrected chi connectivity index (χ2v) is 6.29. The van der Waals surface area contributed by atoms with E-state index in [2.05, 4.69) is 56.1 Å². The molecule has 0 spiro atoms. The molecule has 20 heavy (non-hydrogen) atoms. The second-order valence-electron chi connectivity index (χ2n) is 4.52. The fraction of sp³-hybridized carbons (Fsp3) is 0.250. The molecule has 0 aliphatic rings. The summed E-state index contributed by atoms with van der Waals surface area (Å²) in [4.78, 5) is -0.0124. The van der Waals surface area contributed by atoms with Crippen molar-refractivity contribution in [3.63, 3.8) is 0 Å². The van der Waals surface area contributed by atoms with Crippen molar-refractivity contribution in [1.82, 2.24) is 0 Å². The van der Waals surface area contributed by atoms with Gasteiger partial charge in [0.25, 0.3) is 0 Å². The van der Waals surface area contributed by atoms with Crippen LogP contribution in [0.3, 0.4) is 0 Å². The molecule has 0 N–H and O–H groups in total. The van der Waals surface area contributed by atoms with Crippen LogP contribution in [0, 0.1) is 5.82 Å². The van der Waals surface area contributed by atoms with Crippen LogP contribution >= 0.6 is 31.9 Å². The van der Waals surface area contributed by atoms with Crippen LogP contribution in [0.15, 0.2) is 46.9 Å². The van der Waals surface area contributed by atoms with Crippen LogP contribution in [0.2, 0.25) is 0 Å². The Kier molecular flexibility index (Phi) is 5.75. The van der Waals surface area contributed by atoms with Crippen molar-refractivity contribution in [3.05, 3.63) is 69.4 Å². The average Bonchev–Trinajstić information content (AvgIpc) is 2.48. The van der Waals surface area contributed by atoms with Crippen molar-refractivity contribution in [3.8, 4) is 0 Å². The summed E-state index contributed by atoms with van der Waals surface area (Å²) in [6, 6.07) is 13.5. The zero-order chi connectivity index (χ0) is 14.5. The van der Waals surface area contributed by atoms with Gasteiger partial charge in [0.1, 0.15) is 5.82 Å². The van der Waals surface area contributed by atoms with Gasteiger partial charge in [0, 0.05) is 7.11 Å². The summed E-state index contributed by atoms with van der Waals surface area (Å²) in [7, 11) is 1.70. The SMILES string of the molecule is COCCc1ccc(C(Br)c2ccc(Br)c(F)c2)cc1. The fourth-order valence-electron chi connectivity index (χ4n) is 1.94. The van der Waals surface area contributed by atoms with Crippen LogP contribution in [0.1, 0.15) is 21.5 Å². The van der Waals surface area contributed by atoms with E-state index in [1.807, 2.05) is 6.07 Å². The quantitative estimate of drug-likeness (QED) is 0.620. The Labute approximate surface area is 135 Å². The highest BCUT2D eigenvalue weighted by Gasteiger charge is 2.12. The lowest BCUT2D eigenvalue weighted by atomic mass is 10.0. The van der Waals surface area contributed by atoms with E-state index < -0.39 is 0 Å². The van der Waals surface area contributed by atoms with Gasteiger partial charge < -0.3 is 4.74 Å². The third-order valence-electron chi connectivity index (χ3n) is 3.10. The number of alkyl halides is 1. The molecule has 2 aromatic carbocycles. The number of hydrogen-bond acceptors (Lipinski definition) is 1. The molecule has 2 rings (SSSR count). The number of methoxy groups -OCH3 is 1. The van der Waals surface area contributed by atoms with Crippen LogP contribution in [0.25, 0.3) is 0 Å². The Bertz CT molecular complexity index is 569. The number of benzene rings is 2. The second kappa shape index (κ2) is 7.34. The maximum absolute atomic E-state index is 13.6.